The summed E-state index contributed by atoms with van der Waals surface area (Å²) < 4.78 is 0. The summed E-state index contributed by atoms with van der Waals surface area (Å²) in [5.74, 6) is -4.33. The first-order chi connectivity index (χ1) is 4.95. The SMILES string of the molecule is NC1C(=O)C1(C(=O)O)C(=O)O. The molecule has 0 spiro atoms. The topological polar surface area (TPSA) is 118 Å². The van der Waals surface area contributed by atoms with Gasteiger partial charge in [0, 0.05) is 0 Å². The number of carbonyl (C=O) groups is 3. The second kappa shape index (κ2) is 1.79. The van der Waals surface area contributed by atoms with Crippen molar-refractivity contribution >= 4 is 17.7 Å². The Morgan fingerprint density at radius 3 is 1.64 bits per heavy atom. The van der Waals surface area contributed by atoms with Crippen LogP contribution in [0.5, 0.6) is 0 Å². The van der Waals surface area contributed by atoms with Crippen LogP contribution in [0, 0.1) is 5.41 Å². The molecule has 0 amide bonds. The van der Waals surface area contributed by atoms with Gasteiger partial charge in [-0.15, -0.1) is 0 Å². The number of nitrogens with two attached hydrogens (primary N) is 1. The number of aliphatic carboxylic acids is 2. The van der Waals surface area contributed by atoms with E-state index in [4.69, 9.17) is 15.9 Å². The van der Waals surface area contributed by atoms with Gasteiger partial charge in [0.25, 0.3) is 0 Å². The number of carboxylic acid groups (broad SMARTS) is 2. The minimum absolute atomic E-state index is 0.947. The maximum atomic E-state index is 10.5. The van der Waals surface area contributed by atoms with Crippen LogP contribution in [-0.4, -0.2) is 34.0 Å². The smallest absolute Gasteiger partial charge is 0.330 e. The van der Waals surface area contributed by atoms with Crippen LogP contribution in [0.1, 0.15) is 0 Å². The third-order valence-electron chi connectivity index (χ3n) is 1.73. The predicted molar refractivity (Wildman–Crippen MR) is 30.7 cm³/mol. The second-order valence-electron chi connectivity index (χ2n) is 2.26. The highest BCUT2D eigenvalue weighted by Crippen LogP contribution is 2.40. The molecule has 1 saturated carbocycles. The van der Waals surface area contributed by atoms with Gasteiger partial charge in [-0.2, -0.15) is 0 Å². The summed E-state index contributed by atoms with van der Waals surface area (Å²) >= 11 is 0. The van der Waals surface area contributed by atoms with Crippen LogP contribution in [0.2, 0.25) is 0 Å². The van der Waals surface area contributed by atoms with Gasteiger partial charge >= 0.3 is 11.9 Å². The lowest BCUT2D eigenvalue weighted by molar-refractivity contribution is -0.157. The number of carboxylic acids is 2. The van der Waals surface area contributed by atoms with Gasteiger partial charge in [-0.3, -0.25) is 14.4 Å². The third-order valence-corrected chi connectivity index (χ3v) is 1.73. The molecule has 6 nitrogen and oxygen atoms in total. The number of ketones is 1. The molecule has 0 saturated heterocycles. The standard InChI is InChI=1S/C5H5NO5/c6-1-2(7)5(1,3(8)9)4(10)11/h1H,6H2,(H,8,9)(H,10,11). The zero-order chi connectivity index (χ0) is 8.81. The Bertz CT molecular complexity index is 230. The summed E-state index contributed by atoms with van der Waals surface area (Å²) in [5.41, 5.74) is 2.57. The summed E-state index contributed by atoms with van der Waals surface area (Å²) in [5, 5.41) is 16.7. The monoisotopic (exact) mass is 159 g/mol. The summed E-state index contributed by atoms with van der Waals surface area (Å²) in [4.78, 5) is 31.1. The van der Waals surface area contributed by atoms with Crippen LogP contribution >= 0.6 is 0 Å². The fraction of sp³-hybridized carbons (Fsp3) is 0.400. The Morgan fingerprint density at radius 2 is 1.64 bits per heavy atom. The lowest BCUT2D eigenvalue weighted by atomic mass is 10.1. The van der Waals surface area contributed by atoms with Crippen molar-refractivity contribution in [2.75, 3.05) is 0 Å². The second-order valence-corrected chi connectivity index (χ2v) is 2.26. The molecule has 0 aliphatic heterocycles. The molecule has 1 atom stereocenters. The molecule has 1 aliphatic rings. The highest BCUT2D eigenvalue weighted by Gasteiger charge is 2.75. The van der Waals surface area contributed by atoms with Crippen LogP contribution in [0.25, 0.3) is 0 Å². The minimum atomic E-state index is -2.36. The molecule has 0 aromatic heterocycles. The summed E-state index contributed by atoms with van der Waals surface area (Å²) in [7, 11) is 0. The lowest BCUT2D eigenvalue weighted by Crippen LogP contribution is -2.32. The zero-order valence-electron chi connectivity index (χ0n) is 5.27. The first kappa shape index (κ1) is 7.67. The fourth-order valence-corrected chi connectivity index (χ4v) is 0.894. The average Bonchev–Trinajstić information content (AvgIpc) is 2.37. The molecule has 0 radical (unpaired) electrons. The van der Waals surface area contributed by atoms with Gasteiger partial charge in [-0.25, -0.2) is 0 Å². The van der Waals surface area contributed by atoms with Crippen molar-refractivity contribution in [3.63, 3.8) is 0 Å². The van der Waals surface area contributed by atoms with Gasteiger partial charge in [-0.05, 0) is 0 Å². The largest absolute Gasteiger partial charge is 0.480 e. The van der Waals surface area contributed by atoms with Crippen molar-refractivity contribution in [2.24, 2.45) is 11.1 Å². The number of Topliss-reactive ketones (excluding diaryl/α,β-unsaturated/α-hetero) is 1. The van der Waals surface area contributed by atoms with Crippen molar-refractivity contribution in [2.45, 2.75) is 6.04 Å². The number of hydrogen-bond acceptors (Lipinski definition) is 4. The van der Waals surface area contributed by atoms with E-state index in [1.807, 2.05) is 0 Å². The van der Waals surface area contributed by atoms with Gasteiger partial charge in [0.15, 0.2) is 5.78 Å². The minimum Gasteiger partial charge on any atom is -0.480 e. The molecule has 1 rings (SSSR count). The molecule has 1 aliphatic carbocycles. The average molecular weight is 159 g/mol. The van der Waals surface area contributed by atoms with Crippen LogP contribution in [0.4, 0.5) is 0 Å². The van der Waals surface area contributed by atoms with E-state index < -0.39 is 29.2 Å². The van der Waals surface area contributed by atoms with E-state index >= 15 is 0 Å². The van der Waals surface area contributed by atoms with E-state index in [-0.39, 0.29) is 0 Å². The Morgan fingerprint density at radius 1 is 1.36 bits per heavy atom. The van der Waals surface area contributed by atoms with Crippen molar-refractivity contribution in [1.29, 1.82) is 0 Å². The molecule has 11 heavy (non-hydrogen) atoms. The van der Waals surface area contributed by atoms with E-state index in [0.717, 1.165) is 0 Å². The fourth-order valence-electron chi connectivity index (χ4n) is 0.894. The Hall–Kier alpha value is -1.43. The Balaban J connectivity index is 3.05. The van der Waals surface area contributed by atoms with Gasteiger partial charge in [0.05, 0.1) is 0 Å². The van der Waals surface area contributed by atoms with E-state index in [2.05, 4.69) is 0 Å². The molecule has 0 aromatic carbocycles. The molecule has 1 fully saturated rings. The van der Waals surface area contributed by atoms with Crippen LogP contribution in [0.3, 0.4) is 0 Å². The maximum absolute atomic E-state index is 10.5. The zero-order valence-corrected chi connectivity index (χ0v) is 5.27. The Labute approximate surface area is 60.6 Å². The molecule has 6 heteroatoms. The quantitative estimate of drug-likeness (QED) is 0.403. The normalized spacial score (nSPS) is 26.3. The molecule has 0 heterocycles. The summed E-state index contributed by atoms with van der Waals surface area (Å²) in [6, 6.07) is -1.39. The Kier molecular flexibility index (Phi) is 1.25. The van der Waals surface area contributed by atoms with Crippen molar-refractivity contribution < 1.29 is 24.6 Å². The highest BCUT2D eigenvalue weighted by atomic mass is 16.4. The van der Waals surface area contributed by atoms with E-state index in [1.54, 1.807) is 0 Å². The predicted octanol–water partition coefficient (Wildman–Crippen LogP) is -1.95. The van der Waals surface area contributed by atoms with E-state index in [1.165, 1.54) is 0 Å². The molecule has 0 aromatic rings. The van der Waals surface area contributed by atoms with E-state index in [9.17, 15) is 14.4 Å². The number of hydrogen-bond donors (Lipinski definition) is 3. The molecule has 0 bridgehead atoms. The lowest BCUT2D eigenvalue weighted by Gasteiger charge is -1.98. The van der Waals surface area contributed by atoms with Gasteiger partial charge in [-0.1, -0.05) is 0 Å². The maximum Gasteiger partial charge on any atom is 0.330 e. The first-order valence-corrected chi connectivity index (χ1v) is 2.72. The first-order valence-electron chi connectivity index (χ1n) is 2.72. The molecule has 1 unspecified atom stereocenters. The van der Waals surface area contributed by atoms with Crippen molar-refractivity contribution in [3.05, 3.63) is 0 Å². The molecule has 4 N–H and O–H groups in total. The number of carbonyl (C=O) groups excluding carboxylic acids is 1. The van der Waals surface area contributed by atoms with Crippen LogP contribution in [0.15, 0.2) is 0 Å². The molecule has 60 valence electrons. The molecular weight excluding hydrogens is 154 g/mol. The summed E-state index contributed by atoms with van der Waals surface area (Å²) in [6.07, 6.45) is 0. The van der Waals surface area contributed by atoms with Crippen LogP contribution < -0.4 is 5.73 Å². The van der Waals surface area contributed by atoms with Crippen molar-refractivity contribution in [1.82, 2.24) is 0 Å². The number of rotatable bonds is 2. The highest BCUT2D eigenvalue weighted by molar-refractivity contribution is 6.35. The van der Waals surface area contributed by atoms with Gasteiger partial charge in [0.2, 0.25) is 5.41 Å². The van der Waals surface area contributed by atoms with E-state index in [0.29, 0.717) is 0 Å². The van der Waals surface area contributed by atoms with Crippen LogP contribution in [-0.2, 0) is 14.4 Å². The summed E-state index contributed by atoms with van der Waals surface area (Å²) in [6.45, 7) is 0. The molecular formula is C5H5NO5. The van der Waals surface area contributed by atoms with Crippen molar-refractivity contribution in [3.8, 4) is 0 Å². The van der Waals surface area contributed by atoms with Gasteiger partial charge in [0.1, 0.15) is 6.04 Å². The third kappa shape index (κ3) is 0.613. The van der Waals surface area contributed by atoms with Gasteiger partial charge < -0.3 is 15.9 Å².